The number of halogens is 2. The van der Waals surface area contributed by atoms with Crippen LogP contribution in [-0.2, 0) is 4.79 Å². The van der Waals surface area contributed by atoms with E-state index in [4.69, 9.17) is 0 Å². The zero-order valence-corrected chi connectivity index (χ0v) is 12.9. The van der Waals surface area contributed by atoms with Gasteiger partial charge in [-0.2, -0.15) is 0 Å². The van der Waals surface area contributed by atoms with Crippen LogP contribution < -0.4 is 10.6 Å². The maximum atomic E-state index is 12.2. The topological polar surface area (TPSA) is 54.0 Å². The van der Waals surface area contributed by atoms with E-state index in [1.54, 1.807) is 6.20 Å². The minimum Gasteiger partial charge on any atom is -0.316 e. The fourth-order valence-electron chi connectivity index (χ4n) is 2.06. The van der Waals surface area contributed by atoms with Gasteiger partial charge in [-0.1, -0.05) is 6.07 Å². The van der Waals surface area contributed by atoms with Crippen molar-refractivity contribution in [3.8, 4) is 0 Å². The quantitative estimate of drug-likeness (QED) is 0.883. The van der Waals surface area contributed by atoms with Crippen molar-refractivity contribution in [1.82, 2.24) is 10.3 Å². The first kappa shape index (κ1) is 18.2. The number of carbonyl (C=O) groups excluding carboxylic acids is 1. The average molecular weight is 306 g/mol. The first-order chi connectivity index (χ1) is 8.10. The molecule has 1 amide bonds. The van der Waals surface area contributed by atoms with Gasteiger partial charge in [0.2, 0.25) is 5.91 Å². The zero-order chi connectivity index (χ0) is 12.3. The van der Waals surface area contributed by atoms with Crippen LogP contribution in [0.25, 0.3) is 0 Å². The largest absolute Gasteiger partial charge is 0.316 e. The molecule has 1 saturated heterocycles. The molecular weight excluding hydrogens is 285 g/mol. The summed E-state index contributed by atoms with van der Waals surface area (Å²) in [5.41, 5.74) is 0.777. The predicted octanol–water partition coefficient (Wildman–Crippen LogP) is 2.56. The average Bonchev–Trinajstić information content (AvgIpc) is 2.33. The van der Waals surface area contributed by atoms with Crippen LogP contribution in [0.5, 0.6) is 0 Å². The molecule has 0 radical (unpaired) electrons. The predicted molar refractivity (Wildman–Crippen MR) is 82.3 cm³/mol. The minimum absolute atomic E-state index is 0. The lowest BCUT2D eigenvalue weighted by Gasteiger charge is -2.32. The fourth-order valence-corrected chi connectivity index (χ4v) is 2.06. The van der Waals surface area contributed by atoms with Crippen molar-refractivity contribution in [1.29, 1.82) is 0 Å². The summed E-state index contributed by atoms with van der Waals surface area (Å²) < 4.78 is 0. The normalized spacial score (nSPS) is 21.8. The molecule has 1 fully saturated rings. The molecule has 108 valence electrons. The zero-order valence-electron chi connectivity index (χ0n) is 11.2. The molecule has 4 nitrogen and oxygen atoms in total. The van der Waals surface area contributed by atoms with Crippen LogP contribution in [0.1, 0.15) is 25.3 Å². The van der Waals surface area contributed by atoms with E-state index in [1.165, 1.54) is 0 Å². The van der Waals surface area contributed by atoms with E-state index in [0.717, 1.165) is 31.5 Å². The highest BCUT2D eigenvalue weighted by atomic mass is 35.5. The van der Waals surface area contributed by atoms with Gasteiger partial charge in [0.05, 0.1) is 5.41 Å². The molecule has 1 unspecified atom stereocenters. The Balaban J connectivity index is 0.00000162. The second kappa shape index (κ2) is 7.68. The molecule has 1 aromatic heterocycles. The molecule has 1 aromatic rings. The van der Waals surface area contributed by atoms with Crippen LogP contribution >= 0.6 is 24.8 Å². The lowest BCUT2D eigenvalue weighted by molar-refractivity contribution is -0.125. The SMILES string of the molecule is Cc1ccc(NC(=O)C2(C)CCCNC2)nc1.Cl.Cl. The Bertz CT molecular complexity index is 403. The van der Waals surface area contributed by atoms with Crippen LogP contribution in [-0.4, -0.2) is 24.0 Å². The number of carbonyl (C=O) groups is 1. The molecule has 0 aromatic carbocycles. The Hall–Kier alpha value is -0.840. The summed E-state index contributed by atoms with van der Waals surface area (Å²) in [5.74, 6) is 0.688. The van der Waals surface area contributed by atoms with Crippen molar-refractivity contribution in [2.45, 2.75) is 26.7 Å². The molecule has 0 saturated carbocycles. The summed E-state index contributed by atoms with van der Waals surface area (Å²) in [4.78, 5) is 16.4. The van der Waals surface area contributed by atoms with Crippen molar-refractivity contribution in [2.24, 2.45) is 5.41 Å². The van der Waals surface area contributed by atoms with Gasteiger partial charge in [-0.25, -0.2) is 4.98 Å². The van der Waals surface area contributed by atoms with E-state index in [9.17, 15) is 4.79 Å². The molecule has 0 aliphatic carbocycles. The number of amides is 1. The number of hydrogen-bond acceptors (Lipinski definition) is 3. The molecule has 2 heterocycles. The van der Waals surface area contributed by atoms with Crippen LogP contribution in [0.3, 0.4) is 0 Å². The van der Waals surface area contributed by atoms with Crippen molar-refractivity contribution in [3.05, 3.63) is 23.9 Å². The van der Waals surface area contributed by atoms with Gasteiger partial charge in [0, 0.05) is 12.7 Å². The van der Waals surface area contributed by atoms with E-state index in [1.807, 2.05) is 26.0 Å². The summed E-state index contributed by atoms with van der Waals surface area (Å²) in [6, 6.07) is 3.79. The third-order valence-corrected chi connectivity index (χ3v) is 3.30. The van der Waals surface area contributed by atoms with Gasteiger partial charge in [0.15, 0.2) is 0 Å². The second-order valence-electron chi connectivity index (χ2n) is 5.02. The highest BCUT2D eigenvalue weighted by Crippen LogP contribution is 2.26. The van der Waals surface area contributed by atoms with Crippen molar-refractivity contribution in [3.63, 3.8) is 0 Å². The van der Waals surface area contributed by atoms with Crippen molar-refractivity contribution >= 4 is 36.5 Å². The maximum absolute atomic E-state index is 12.2. The van der Waals surface area contributed by atoms with Gasteiger partial charge >= 0.3 is 0 Å². The summed E-state index contributed by atoms with van der Waals surface area (Å²) in [6.45, 7) is 5.73. The van der Waals surface area contributed by atoms with Crippen LogP contribution in [0.4, 0.5) is 5.82 Å². The molecule has 6 heteroatoms. The number of anilines is 1. The maximum Gasteiger partial charge on any atom is 0.232 e. The van der Waals surface area contributed by atoms with Crippen LogP contribution in [0.15, 0.2) is 18.3 Å². The molecule has 0 bridgehead atoms. The minimum atomic E-state index is -0.315. The van der Waals surface area contributed by atoms with E-state index in [-0.39, 0.29) is 36.1 Å². The van der Waals surface area contributed by atoms with E-state index >= 15 is 0 Å². The van der Waals surface area contributed by atoms with Gasteiger partial charge in [-0.15, -0.1) is 24.8 Å². The van der Waals surface area contributed by atoms with Crippen molar-refractivity contribution < 1.29 is 4.79 Å². The summed E-state index contributed by atoms with van der Waals surface area (Å²) in [6.07, 6.45) is 3.74. The Morgan fingerprint density at radius 3 is 2.68 bits per heavy atom. The Morgan fingerprint density at radius 2 is 2.16 bits per heavy atom. The van der Waals surface area contributed by atoms with E-state index in [0.29, 0.717) is 5.82 Å². The fraction of sp³-hybridized carbons (Fsp3) is 0.538. The smallest absolute Gasteiger partial charge is 0.232 e. The molecule has 1 aliphatic rings. The van der Waals surface area contributed by atoms with Crippen LogP contribution in [0, 0.1) is 12.3 Å². The van der Waals surface area contributed by atoms with Gasteiger partial charge < -0.3 is 10.6 Å². The van der Waals surface area contributed by atoms with Crippen molar-refractivity contribution in [2.75, 3.05) is 18.4 Å². The third kappa shape index (κ3) is 4.64. The van der Waals surface area contributed by atoms with E-state index < -0.39 is 0 Å². The molecule has 2 N–H and O–H groups in total. The number of rotatable bonds is 2. The summed E-state index contributed by atoms with van der Waals surface area (Å²) in [7, 11) is 0. The molecule has 0 spiro atoms. The molecule has 19 heavy (non-hydrogen) atoms. The second-order valence-corrected chi connectivity index (χ2v) is 5.02. The molecular formula is C13H21Cl2N3O. The number of aryl methyl sites for hydroxylation is 1. The summed E-state index contributed by atoms with van der Waals surface area (Å²) in [5, 5.41) is 6.16. The number of nitrogens with zero attached hydrogens (tertiary/aromatic N) is 1. The molecule has 1 atom stereocenters. The van der Waals surface area contributed by atoms with Gasteiger partial charge in [-0.05, 0) is 44.9 Å². The number of pyridine rings is 1. The number of aromatic nitrogens is 1. The number of hydrogen-bond donors (Lipinski definition) is 2. The molecule has 1 aliphatic heterocycles. The lowest BCUT2D eigenvalue weighted by Crippen LogP contribution is -2.46. The Morgan fingerprint density at radius 1 is 1.42 bits per heavy atom. The molecule has 2 rings (SSSR count). The summed E-state index contributed by atoms with van der Waals surface area (Å²) >= 11 is 0. The van der Waals surface area contributed by atoms with Gasteiger partial charge in [-0.3, -0.25) is 4.79 Å². The highest BCUT2D eigenvalue weighted by molar-refractivity contribution is 5.94. The first-order valence-electron chi connectivity index (χ1n) is 6.05. The standard InChI is InChI=1S/C13H19N3O.2ClH/c1-10-4-5-11(15-8-10)16-12(17)13(2)6-3-7-14-9-13;;/h4-5,8,14H,3,6-7,9H2,1-2H3,(H,15,16,17);2*1H. The first-order valence-corrected chi connectivity index (χ1v) is 6.05. The lowest BCUT2D eigenvalue weighted by atomic mass is 9.82. The monoisotopic (exact) mass is 305 g/mol. The van der Waals surface area contributed by atoms with E-state index in [2.05, 4.69) is 15.6 Å². The highest BCUT2D eigenvalue weighted by Gasteiger charge is 2.34. The van der Waals surface area contributed by atoms with Crippen LogP contribution in [0.2, 0.25) is 0 Å². The van der Waals surface area contributed by atoms with Gasteiger partial charge in [0.1, 0.15) is 5.82 Å². The third-order valence-electron chi connectivity index (χ3n) is 3.30. The van der Waals surface area contributed by atoms with Gasteiger partial charge in [0.25, 0.3) is 0 Å². The Labute approximate surface area is 126 Å². The number of nitrogens with one attached hydrogen (secondary N) is 2. The number of piperidine rings is 1. The Kier molecular flexibility index (Phi) is 7.34.